The standard InChI is InChI=1S/C25H32N6OS/c1-3-20-9-7-8-12-23(20)31-19-26-28-25(31)33-18-24(32)27-22(21-10-5-4-6-11-21)17-30-15-13-29(2)14-16-30/h4-12,19,22H,3,13-18H2,1-2H3,(H,27,32). The average molecular weight is 465 g/mol. The number of benzene rings is 2. The molecule has 1 fully saturated rings. The van der Waals surface area contributed by atoms with E-state index in [1.165, 1.54) is 17.3 Å². The number of hydrogen-bond acceptors (Lipinski definition) is 6. The molecule has 1 saturated heterocycles. The maximum atomic E-state index is 13.0. The number of aryl methyl sites for hydroxylation is 1. The fourth-order valence-corrected chi connectivity index (χ4v) is 4.84. The molecule has 1 aliphatic rings. The van der Waals surface area contributed by atoms with Crippen LogP contribution < -0.4 is 5.32 Å². The molecule has 174 valence electrons. The van der Waals surface area contributed by atoms with Crippen molar-refractivity contribution in [3.05, 3.63) is 72.1 Å². The summed E-state index contributed by atoms with van der Waals surface area (Å²) in [5, 5.41) is 12.3. The molecule has 1 unspecified atom stereocenters. The van der Waals surface area contributed by atoms with E-state index in [1.54, 1.807) is 6.33 Å². The summed E-state index contributed by atoms with van der Waals surface area (Å²) in [6, 6.07) is 18.4. The van der Waals surface area contributed by atoms with Crippen LogP contribution in [0.5, 0.6) is 0 Å². The van der Waals surface area contributed by atoms with Crippen molar-refractivity contribution in [3.63, 3.8) is 0 Å². The Bertz CT molecular complexity index is 1030. The van der Waals surface area contributed by atoms with Crippen molar-refractivity contribution in [1.82, 2.24) is 29.9 Å². The highest BCUT2D eigenvalue weighted by atomic mass is 32.2. The van der Waals surface area contributed by atoms with E-state index in [1.807, 2.05) is 34.9 Å². The number of hydrogen-bond donors (Lipinski definition) is 1. The molecule has 0 bridgehead atoms. The number of nitrogens with one attached hydrogen (secondary N) is 1. The molecule has 33 heavy (non-hydrogen) atoms. The summed E-state index contributed by atoms with van der Waals surface area (Å²) in [4.78, 5) is 17.7. The summed E-state index contributed by atoms with van der Waals surface area (Å²) in [6.45, 7) is 7.09. The smallest absolute Gasteiger partial charge is 0.231 e. The Morgan fingerprint density at radius 2 is 1.79 bits per heavy atom. The van der Waals surface area contributed by atoms with Crippen LogP contribution in [0.3, 0.4) is 0 Å². The Morgan fingerprint density at radius 3 is 2.55 bits per heavy atom. The molecule has 1 N–H and O–H groups in total. The molecular formula is C25H32N6OS. The molecule has 0 radical (unpaired) electrons. The van der Waals surface area contributed by atoms with Gasteiger partial charge in [0.15, 0.2) is 5.16 Å². The SMILES string of the molecule is CCc1ccccc1-n1cnnc1SCC(=O)NC(CN1CCN(C)CC1)c1ccccc1. The number of thioether (sulfide) groups is 1. The van der Waals surface area contributed by atoms with Crippen LogP contribution >= 0.6 is 11.8 Å². The second kappa shape index (κ2) is 11.4. The van der Waals surface area contributed by atoms with Gasteiger partial charge < -0.3 is 10.2 Å². The number of carbonyl (C=O) groups is 1. The van der Waals surface area contributed by atoms with Gasteiger partial charge in [-0.2, -0.15) is 0 Å². The van der Waals surface area contributed by atoms with Gasteiger partial charge in [-0.15, -0.1) is 10.2 Å². The summed E-state index contributed by atoms with van der Waals surface area (Å²) < 4.78 is 1.97. The van der Waals surface area contributed by atoms with Crippen molar-refractivity contribution in [2.75, 3.05) is 45.5 Å². The molecule has 8 heteroatoms. The first-order valence-electron chi connectivity index (χ1n) is 11.5. The molecule has 2 heterocycles. The van der Waals surface area contributed by atoms with Gasteiger partial charge in [0.1, 0.15) is 6.33 Å². The largest absolute Gasteiger partial charge is 0.347 e. The van der Waals surface area contributed by atoms with Gasteiger partial charge in [0.05, 0.1) is 17.5 Å². The van der Waals surface area contributed by atoms with Gasteiger partial charge in [-0.3, -0.25) is 14.3 Å². The maximum absolute atomic E-state index is 13.0. The molecule has 1 aliphatic heterocycles. The van der Waals surface area contributed by atoms with Crippen molar-refractivity contribution in [2.24, 2.45) is 0 Å². The monoisotopic (exact) mass is 464 g/mol. The van der Waals surface area contributed by atoms with Crippen LogP contribution in [0.1, 0.15) is 24.1 Å². The fraction of sp³-hybridized carbons (Fsp3) is 0.400. The van der Waals surface area contributed by atoms with Crippen molar-refractivity contribution in [2.45, 2.75) is 24.5 Å². The summed E-state index contributed by atoms with van der Waals surface area (Å²) in [7, 11) is 2.16. The van der Waals surface area contributed by atoms with Crippen molar-refractivity contribution in [1.29, 1.82) is 0 Å². The summed E-state index contributed by atoms with van der Waals surface area (Å²) >= 11 is 1.42. The maximum Gasteiger partial charge on any atom is 0.231 e. The van der Waals surface area contributed by atoms with E-state index < -0.39 is 0 Å². The Hall–Kier alpha value is -2.68. The molecule has 1 atom stereocenters. The van der Waals surface area contributed by atoms with Crippen molar-refractivity contribution in [3.8, 4) is 5.69 Å². The number of para-hydroxylation sites is 1. The van der Waals surface area contributed by atoms with Gasteiger partial charge in [0, 0.05) is 32.7 Å². The second-order valence-electron chi connectivity index (χ2n) is 8.39. The molecule has 0 saturated carbocycles. The van der Waals surface area contributed by atoms with Gasteiger partial charge in [0.25, 0.3) is 0 Å². The fourth-order valence-electron chi connectivity index (χ4n) is 4.11. The predicted molar refractivity (Wildman–Crippen MR) is 133 cm³/mol. The number of rotatable bonds is 9. The number of piperazine rings is 1. The van der Waals surface area contributed by atoms with Crippen molar-refractivity contribution < 1.29 is 4.79 Å². The van der Waals surface area contributed by atoms with E-state index in [0.29, 0.717) is 5.75 Å². The first-order chi connectivity index (χ1) is 16.1. The van der Waals surface area contributed by atoms with E-state index >= 15 is 0 Å². The van der Waals surface area contributed by atoms with Gasteiger partial charge in [-0.25, -0.2) is 0 Å². The zero-order chi connectivity index (χ0) is 23.0. The molecule has 0 aliphatic carbocycles. The van der Waals surface area contributed by atoms with Crippen LogP contribution in [0.15, 0.2) is 66.1 Å². The lowest BCUT2D eigenvalue weighted by Gasteiger charge is -2.35. The molecule has 7 nitrogen and oxygen atoms in total. The third-order valence-electron chi connectivity index (χ3n) is 6.05. The topological polar surface area (TPSA) is 66.3 Å². The Morgan fingerprint density at radius 1 is 1.06 bits per heavy atom. The highest BCUT2D eigenvalue weighted by Crippen LogP contribution is 2.23. The van der Waals surface area contributed by atoms with Crippen LogP contribution in [0, 0.1) is 0 Å². The van der Waals surface area contributed by atoms with Gasteiger partial charge in [0.2, 0.25) is 5.91 Å². The third-order valence-corrected chi connectivity index (χ3v) is 7.00. The van der Waals surface area contributed by atoms with E-state index in [0.717, 1.165) is 55.6 Å². The molecule has 0 spiro atoms. The summed E-state index contributed by atoms with van der Waals surface area (Å²) in [6.07, 6.45) is 2.64. The molecule has 1 amide bonds. The molecule has 2 aromatic carbocycles. The van der Waals surface area contributed by atoms with Crippen LogP contribution in [0.25, 0.3) is 5.69 Å². The molecular weight excluding hydrogens is 432 g/mol. The van der Waals surface area contributed by atoms with Gasteiger partial charge in [-0.05, 0) is 30.7 Å². The molecule has 1 aromatic heterocycles. The lowest BCUT2D eigenvalue weighted by Crippen LogP contribution is -2.48. The highest BCUT2D eigenvalue weighted by molar-refractivity contribution is 7.99. The van der Waals surface area contributed by atoms with E-state index in [9.17, 15) is 4.79 Å². The third kappa shape index (κ3) is 6.22. The number of amides is 1. The molecule has 3 aromatic rings. The lowest BCUT2D eigenvalue weighted by atomic mass is 10.1. The summed E-state index contributed by atoms with van der Waals surface area (Å²) in [5.74, 6) is 0.292. The van der Waals surface area contributed by atoms with Crippen LogP contribution in [-0.4, -0.2) is 76.0 Å². The Labute approximate surface area is 200 Å². The first kappa shape index (κ1) is 23.5. The zero-order valence-corrected chi connectivity index (χ0v) is 20.2. The van der Waals surface area contributed by atoms with Gasteiger partial charge >= 0.3 is 0 Å². The Kier molecular flexibility index (Phi) is 8.15. The predicted octanol–water partition coefficient (Wildman–Crippen LogP) is 3.03. The normalized spacial score (nSPS) is 15.9. The van der Waals surface area contributed by atoms with E-state index in [4.69, 9.17) is 0 Å². The minimum absolute atomic E-state index is 0.00121. The number of carbonyl (C=O) groups excluding carboxylic acids is 1. The van der Waals surface area contributed by atoms with E-state index in [-0.39, 0.29) is 11.9 Å². The first-order valence-corrected chi connectivity index (χ1v) is 12.5. The zero-order valence-electron chi connectivity index (χ0n) is 19.4. The highest BCUT2D eigenvalue weighted by Gasteiger charge is 2.22. The van der Waals surface area contributed by atoms with E-state index in [2.05, 4.69) is 63.6 Å². The second-order valence-corrected chi connectivity index (χ2v) is 9.33. The minimum atomic E-state index is -0.0404. The number of likely N-dealkylation sites (N-methyl/N-ethyl adjacent to an activating group) is 1. The minimum Gasteiger partial charge on any atom is -0.347 e. The molecule has 4 rings (SSSR count). The number of aromatic nitrogens is 3. The van der Waals surface area contributed by atoms with Gasteiger partial charge in [-0.1, -0.05) is 67.2 Å². The number of nitrogens with zero attached hydrogens (tertiary/aromatic N) is 5. The van der Waals surface area contributed by atoms with Crippen molar-refractivity contribution >= 4 is 17.7 Å². The van der Waals surface area contributed by atoms with Crippen LogP contribution in [0.4, 0.5) is 0 Å². The quantitative estimate of drug-likeness (QED) is 0.491. The lowest BCUT2D eigenvalue weighted by molar-refractivity contribution is -0.119. The average Bonchev–Trinajstić information content (AvgIpc) is 3.32. The van der Waals surface area contributed by atoms with Crippen LogP contribution in [0.2, 0.25) is 0 Å². The Balaban J connectivity index is 1.41. The van der Waals surface area contributed by atoms with Crippen LogP contribution in [-0.2, 0) is 11.2 Å². The summed E-state index contributed by atoms with van der Waals surface area (Å²) in [5.41, 5.74) is 3.42.